The molecule has 1 amide bonds. The van der Waals surface area contributed by atoms with E-state index in [0.29, 0.717) is 49.0 Å². The largest absolute Gasteiger partial charge is 0.496 e. The van der Waals surface area contributed by atoms with Crippen molar-refractivity contribution in [1.82, 2.24) is 25.1 Å². The van der Waals surface area contributed by atoms with Crippen LogP contribution in [0, 0.1) is 0 Å². The molecule has 9 nitrogen and oxygen atoms in total. The molecule has 1 fully saturated rings. The third-order valence-electron chi connectivity index (χ3n) is 5.51. The van der Waals surface area contributed by atoms with Gasteiger partial charge in [-0.25, -0.2) is 9.97 Å². The lowest BCUT2D eigenvalue weighted by molar-refractivity contribution is 0.0300. The minimum atomic E-state index is -0.294. The number of aromatic amines is 1. The van der Waals surface area contributed by atoms with E-state index >= 15 is 0 Å². The molecule has 1 saturated heterocycles. The number of carbonyl (C=O) groups excluding carboxylic acids is 1. The summed E-state index contributed by atoms with van der Waals surface area (Å²) in [6, 6.07) is 11.2. The number of nitrogens with one attached hydrogen (secondary N) is 1. The number of hydrogen-bond donors (Lipinski definition) is 2. The Hall–Kier alpha value is -3.98. The molecule has 1 aromatic carbocycles. The molecule has 0 spiro atoms. The number of fused-ring (bicyclic) bond motifs is 1. The van der Waals surface area contributed by atoms with Crippen molar-refractivity contribution in [2.24, 2.45) is 0 Å². The van der Waals surface area contributed by atoms with Crippen molar-refractivity contribution in [2.45, 2.75) is 0 Å². The van der Waals surface area contributed by atoms with Crippen LogP contribution in [0.5, 0.6) is 11.6 Å². The first-order chi connectivity index (χ1) is 15.7. The van der Waals surface area contributed by atoms with E-state index in [4.69, 9.17) is 9.47 Å². The summed E-state index contributed by atoms with van der Waals surface area (Å²) in [6.07, 6.45) is 3.21. The Balaban J connectivity index is 1.56. The van der Waals surface area contributed by atoms with Crippen molar-refractivity contribution in [3.63, 3.8) is 0 Å². The van der Waals surface area contributed by atoms with Gasteiger partial charge in [-0.3, -0.25) is 9.89 Å². The van der Waals surface area contributed by atoms with Crippen molar-refractivity contribution in [1.29, 1.82) is 0 Å². The molecule has 4 heterocycles. The van der Waals surface area contributed by atoms with Gasteiger partial charge in [0, 0.05) is 47.6 Å². The monoisotopic (exact) mass is 431 g/mol. The van der Waals surface area contributed by atoms with E-state index in [2.05, 4.69) is 20.2 Å². The number of amides is 1. The fourth-order valence-corrected chi connectivity index (χ4v) is 3.82. The summed E-state index contributed by atoms with van der Waals surface area (Å²) >= 11 is 0. The Morgan fingerprint density at radius 1 is 1.12 bits per heavy atom. The third kappa shape index (κ3) is 3.52. The van der Waals surface area contributed by atoms with Crippen LogP contribution in [0.3, 0.4) is 0 Å². The second kappa shape index (κ2) is 8.27. The molecule has 0 radical (unpaired) electrons. The molecule has 162 valence electrons. The summed E-state index contributed by atoms with van der Waals surface area (Å²) in [5.41, 5.74) is 3.75. The zero-order chi connectivity index (χ0) is 22.1. The number of hydrogen-bond acceptors (Lipinski definition) is 7. The number of rotatable bonds is 4. The number of methoxy groups -OCH3 is 1. The molecule has 5 rings (SSSR count). The smallest absolute Gasteiger partial charge is 0.259 e. The topological polar surface area (TPSA) is 113 Å². The summed E-state index contributed by atoms with van der Waals surface area (Å²) in [5, 5.41) is 18.4. The predicted octanol–water partition coefficient (Wildman–Crippen LogP) is 2.87. The van der Waals surface area contributed by atoms with Crippen molar-refractivity contribution in [3.05, 3.63) is 54.4 Å². The van der Waals surface area contributed by atoms with E-state index in [1.807, 2.05) is 30.3 Å². The highest BCUT2D eigenvalue weighted by Gasteiger charge is 2.23. The molecule has 0 saturated carbocycles. The fraction of sp³-hybridized carbons (Fsp3) is 0.217. The first-order valence-corrected chi connectivity index (χ1v) is 10.2. The third-order valence-corrected chi connectivity index (χ3v) is 5.51. The second-order valence-electron chi connectivity index (χ2n) is 7.39. The average Bonchev–Trinajstić information content (AvgIpc) is 3.27. The highest BCUT2D eigenvalue weighted by Crippen LogP contribution is 2.34. The van der Waals surface area contributed by atoms with Crippen LogP contribution in [0.1, 0.15) is 10.4 Å². The average molecular weight is 431 g/mol. The molecular weight excluding hydrogens is 410 g/mol. The maximum Gasteiger partial charge on any atom is 0.259 e. The number of pyridine rings is 2. The highest BCUT2D eigenvalue weighted by molar-refractivity contribution is 5.98. The number of carbonyl (C=O) groups is 1. The molecule has 9 heteroatoms. The minimum absolute atomic E-state index is 0.154. The van der Waals surface area contributed by atoms with Crippen LogP contribution in [-0.4, -0.2) is 69.5 Å². The standard InChI is InChI=1S/C23H21N5O4/c1-31-19-5-3-2-4-16(19)20-17-10-14(12-24-21(17)27-26-20)15-11-18(22(29)25-13-15)23(30)28-6-8-32-9-7-28/h2-5,10-13H,6-9H2,1H3,(H,25,29)(H,24,26,27). The quantitative estimate of drug-likeness (QED) is 0.511. The summed E-state index contributed by atoms with van der Waals surface area (Å²) in [6.45, 7) is 1.92. The lowest BCUT2D eigenvalue weighted by Crippen LogP contribution is -2.40. The Morgan fingerprint density at radius 2 is 1.88 bits per heavy atom. The van der Waals surface area contributed by atoms with Gasteiger partial charge in [0.05, 0.1) is 20.3 Å². The van der Waals surface area contributed by atoms with E-state index in [0.717, 1.165) is 16.5 Å². The Bertz CT molecular complexity index is 1300. The first-order valence-electron chi connectivity index (χ1n) is 10.2. The molecule has 0 aliphatic carbocycles. The highest BCUT2D eigenvalue weighted by atomic mass is 16.5. The molecular formula is C23H21N5O4. The molecule has 32 heavy (non-hydrogen) atoms. The number of aromatic nitrogens is 4. The molecule has 0 unspecified atom stereocenters. The zero-order valence-electron chi connectivity index (χ0n) is 17.4. The second-order valence-corrected chi connectivity index (χ2v) is 7.39. The van der Waals surface area contributed by atoms with E-state index in [1.165, 1.54) is 6.20 Å². The summed E-state index contributed by atoms with van der Waals surface area (Å²) < 4.78 is 10.8. The van der Waals surface area contributed by atoms with Gasteiger partial charge in [0.1, 0.15) is 17.0 Å². The molecule has 2 N–H and O–H groups in total. The zero-order valence-corrected chi connectivity index (χ0v) is 17.4. The number of nitrogens with zero attached hydrogens (tertiary/aromatic N) is 4. The van der Waals surface area contributed by atoms with Gasteiger partial charge in [-0.2, -0.15) is 5.10 Å². The van der Waals surface area contributed by atoms with Crippen molar-refractivity contribution < 1.29 is 19.4 Å². The van der Waals surface area contributed by atoms with E-state index in [9.17, 15) is 9.90 Å². The van der Waals surface area contributed by atoms with Gasteiger partial charge in [-0.15, -0.1) is 0 Å². The Kier molecular flexibility index (Phi) is 5.16. The summed E-state index contributed by atoms with van der Waals surface area (Å²) in [7, 11) is 1.62. The van der Waals surface area contributed by atoms with Gasteiger partial charge < -0.3 is 19.5 Å². The maximum atomic E-state index is 12.9. The van der Waals surface area contributed by atoms with E-state index in [1.54, 1.807) is 24.3 Å². The minimum Gasteiger partial charge on any atom is -0.496 e. The number of benzene rings is 1. The number of ether oxygens (including phenoxy) is 2. The van der Waals surface area contributed by atoms with Crippen LogP contribution >= 0.6 is 0 Å². The van der Waals surface area contributed by atoms with Gasteiger partial charge in [-0.1, -0.05) is 12.1 Å². The van der Waals surface area contributed by atoms with Crippen LogP contribution in [0.25, 0.3) is 33.4 Å². The SMILES string of the molecule is COc1ccccc1-c1n[nH]c2ncc(-c3cnc(O)c(C(=O)N4CCOCC4)c3)cc12. The Morgan fingerprint density at radius 3 is 2.69 bits per heavy atom. The Labute approximate surface area is 183 Å². The normalized spacial score (nSPS) is 14.0. The number of para-hydroxylation sites is 1. The van der Waals surface area contributed by atoms with Crippen molar-refractivity contribution >= 4 is 16.9 Å². The van der Waals surface area contributed by atoms with Gasteiger partial charge in [-0.05, 0) is 24.3 Å². The molecule has 0 bridgehead atoms. The number of H-pyrrole nitrogens is 1. The first kappa shape index (κ1) is 20.0. The summed E-state index contributed by atoms with van der Waals surface area (Å²) in [5.74, 6) is 0.139. The fourth-order valence-electron chi connectivity index (χ4n) is 3.82. The lowest BCUT2D eigenvalue weighted by Gasteiger charge is -2.27. The molecule has 1 aliphatic rings. The van der Waals surface area contributed by atoms with Gasteiger partial charge in [0.15, 0.2) is 5.65 Å². The van der Waals surface area contributed by atoms with Gasteiger partial charge >= 0.3 is 0 Å². The maximum absolute atomic E-state index is 12.9. The van der Waals surface area contributed by atoms with Crippen LogP contribution in [-0.2, 0) is 4.74 Å². The van der Waals surface area contributed by atoms with Gasteiger partial charge in [0.2, 0.25) is 5.88 Å². The van der Waals surface area contributed by atoms with Crippen LogP contribution in [0.4, 0.5) is 0 Å². The molecule has 3 aromatic heterocycles. The van der Waals surface area contributed by atoms with Crippen LogP contribution in [0.2, 0.25) is 0 Å². The van der Waals surface area contributed by atoms with E-state index in [-0.39, 0.29) is 17.4 Å². The van der Waals surface area contributed by atoms with Crippen LogP contribution in [0.15, 0.2) is 48.8 Å². The number of aromatic hydroxyl groups is 1. The molecule has 0 atom stereocenters. The van der Waals surface area contributed by atoms with Crippen molar-refractivity contribution in [2.75, 3.05) is 33.4 Å². The van der Waals surface area contributed by atoms with Gasteiger partial charge in [0.25, 0.3) is 5.91 Å². The van der Waals surface area contributed by atoms with Crippen LogP contribution < -0.4 is 4.74 Å². The molecule has 4 aromatic rings. The van der Waals surface area contributed by atoms with E-state index < -0.39 is 0 Å². The summed E-state index contributed by atoms with van der Waals surface area (Å²) in [4.78, 5) is 23.1. The molecule has 1 aliphatic heterocycles. The van der Waals surface area contributed by atoms with Crippen molar-refractivity contribution in [3.8, 4) is 34.0 Å². The number of morpholine rings is 1. The lowest BCUT2D eigenvalue weighted by atomic mass is 10.0. The predicted molar refractivity (Wildman–Crippen MR) is 117 cm³/mol.